The molecule has 33 heavy (non-hydrogen) atoms. The van der Waals surface area contributed by atoms with Gasteiger partial charge in [-0.05, 0) is 42.0 Å². The quantitative estimate of drug-likeness (QED) is 0.181. The van der Waals surface area contributed by atoms with Gasteiger partial charge in [0, 0.05) is 17.7 Å². The molecule has 0 spiro atoms. The summed E-state index contributed by atoms with van der Waals surface area (Å²) in [7, 11) is 0. The Morgan fingerprint density at radius 1 is 0.909 bits per heavy atom. The Bertz CT molecular complexity index is 1240. The van der Waals surface area contributed by atoms with Crippen LogP contribution in [0.4, 0.5) is 11.4 Å². The first kappa shape index (κ1) is 22.6. The third kappa shape index (κ3) is 5.95. The highest BCUT2D eigenvalue weighted by molar-refractivity contribution is 5.95. The number of amides is 1. The standard InChI is InChI=1S/C21H14N4O8/c26-18-6-4-14(5-7-18)20(27)23-22-12-13-2-1-3-19(8-13)33-21(28)15-9-16(24(29)30)11-17(10-15)25(31)32/h1-12,26H,(H,23,27). The van der Waals surface area contributed by atoms with E-state index in [0.29, 0.717) is 5.56 Å². The van der Waals surface area contributed by atoms with E-state index in [-0.39, 0.29) is 22.6 Å². The molecule has 0 bridgehead atoms. The lowest BCUT2D eigenvalue weighted by molar-refractivity contribution is -0.394. The smallest absolute Gasteiger partial charge is 0.344 e. The number of nitrogens with zero attached hydrogens (tertiary/aromatic N) is 3. The molecule has 0 radical (unpaired) electrons. The summed E-state index contributed by atoms with van der Waals surface area (Å²) in [5.41, 5.74) is 1.41. The maximum absolute atomic E-state index is 12.4. The number of carbonyl (C=O) groups excluding carboxylic acids is 2. The zero-order valence-corrected chi connectivity index (χ0v) is 16.6. The number of phenols is 1. The van der Waals surface area contributed by atoms with Crippen molar-refractivity contribution >= 4 is 29.5 Å². The number of carbonyl (C=O) groups is 2. The van der Waals surface area contributed by atoms with Crippen LogP contribution in [0.25, 0.3) is 0 Å². The number of esters is 1. The summed E-state index contributed by atoms with van der Waals surface area (Å²) in [5.74, 6) is -1.48. The van der Waals surface area contributed by atoms with E-state index in [1.165, 1.54) is 48.7 Å². The first-order valence-electron chi connectivity index (χ1n) is 9.11. The second-order valence-electron chi connectivity index (χ2n) is 6.46. The molecule has 166 valence electrons. The molecule has 1 amide bonds. The maximum atomic E-state index is 12.4. The van der Waals surface area contributed by atoms with Crippen molar-refractivity contribution in [1.29, 1.82) is 0 Å². The fraction of sp³-hybridized carbons (Fsp3) is 0. The summed E-state index contributed by atoms with van der Waals surface area (Å²) >= 11 is 0. The van der Waals surface area contributed by atoms with Crippen molar-refractivity contribution in [2.45, 2.75) is 0 Å². The highest BCUT2D eigenvalue weighted by Gasteiger charge is 2.21. The van der Waals surface area contributed by atoms with Gasteiger partial charge >= 0.3 is 5.97 Å². The van der Waals surface area contributed by atoms with Gasteiger partial charge in [0.15, 0.2) is 0 Å². The van der Waals surface area contributed by atoms with Gasteiger partial charge in [-0.25, -0.2) is 10.2 Å². The van der Waals surface area contributed by atoms with Gasteiger partial charge in [-0.3, -0.25) is 25.0 Å². The van der Waals surface area contributed by atoms with Crippen molar-refractivity contribution in [2.75, 3.05) is 0 Å². The number of aromatic hydroxyl groups is 1. The Morgan fingerprint density at radius 3 is 2.15 bits per heavy atom. The largest absolute Gasteiger partial charge is 0.508 e. The number of hydrogen-bond acceptors (Lipinski definition) is 9. The predicted octanol–water partition coefficient (Wildman–Crippen LogP) is 3.19. The highest BCUT2D eigenvalue weighted by atomic mass is 16.6. The number of nitro benzene ring substituents is 2. The summed E-state index contributed by atoms with van der Waals surface area (Å²) in [6, 6.07) is 14.0. The van der Waals surface area contributed by atoms with Crippen molar-refractivity contribution in [2.24, 2.45) is 5.10 Å². The average molecular weight is 450 g/mol. The average Bonchev–Trinajstić information content (AvgIpc) is 2.79. The van der Waals surface area contributed by atoms with Gasteiger partial charge in [0.05, 0.1) is 27.7 Å². The van der Waals surface area contributed by atoms with Gasteiger partial charge in [-0.15, -0.1) is 0 Å². The Morgan fingerprint density at radius 2 is 1.55 bits per heavy atom. The first-order valence-corrected chi connectivity index (χ1v) is 9.11. The molecule has 12 nitrogen and oxygen atoms in total. The molecule has 0 aromatic heterocycles. The van der Waals surface area contributed by atoms with Crippen LogP contribution in [-0.2, 0) is 0 Å². The first-order chi connectivity index (χ1) is 15.7. The summed E-state index contributed by atoms with van der Waals surface area (Å²) in [6.45, 7) is 0. The van der Waals surface area contributed by atoms with Crippen molar-refractivity contribution in [1.82, 2.24) is 5.43 Å². The van der Waals surface area contributed by atoms with Crippen molar-refractivity contribution in [3.8, 4) is 11.5 Å². The second kappa shape index (κ2) is 9.78. The number of nitrogens with one attached hydrogen (secondary N) is 1. The zero-order chi connectivity index (χ0) is 24.0. The minimum atomic E-state index is -1.03. The molecule has 0 saturated carbocycles. The number of nitro groups is 2. The molecular formula is C21H14N4O8. The third-order valence-corrected chi connectivity index (χ3v) is 4.14. The van der Waals surface area contributed by atoms with E-state index < -0.39 is 33.1 Å². The van der Waals surface area contributed by atoms with Crippen LogP contribution < -0.4 is 10.2 Å². The molecule has 0 aliphatic heterocycles. The molecule has 0 atom stereocenters. The Hall–Kier alpha value is -5.13. The van der Waals surface area contributed by atoms with E-state index in [9.17, 15) is 34.9 Å². The molecule has 0 fully saturated rings. The summed E-state index contributed by atoms with van der Waals surface area (Å²) in [5, 5.41) is 35.0. The normalized spacial score (nSPS) is 10.5. The van der Waals surface area contributed by atoms with Crippen LogP contribution in [0.3, 0.4) is 0 Å². The molecule has 3 rings (SSSR count). The van der Waals surface area contributed by atoms with E-state index in [1.54, 1.807) is 6.07 Å². The van der Waals surface area contributed by atoms with Gasteiger partial charge in [0.2, 0.25) is 0 Å². The van der Waals surface area contributed by atoms with Crippen LogP contribution in [0.15, 0.2) is 71.8 Å². The van der Waals surface area contributed by atoms with E-state index in [0.717, 1.165) is 18.2 Å². The van der Waals surface area contributed by atoms with Gasteiger partial charge in [0.25, 0.3) is 17.3 Å². The lowest BCUT2D eigenvalue weighted by Gasteiger charge is -2.05. The van der Waals surface area contributed by atoms with Crippen LogP contribution in [0.5, 0.6) is 11.5 Å². The number of benzene rings is 3. The number of rotatable bonds is 7. The monoisotopic (exact) mass is 450 g/mol. The minimum absolute atomic E-state index is 0.0149. The number of phenolic OH excluding ortho intramolecular Hbond substituents is 1. The fourth-order valence-electron chi connectivity index (χ4n) is 2.59. The van der Waals surface area contributed by atoms with Crippen molar-refractivity contribution in [3.05, 3.63) is 104 Å². The van der Waals surface area contributed by atoms with Gasteiger partial charge < -0.3 is 9.84 Å². The van der Waals surface area contributed by atoms with Gasteiger partial charge in [0.1, 0.15) is 11.5 Å². The lowest BCUT2D eigenvalue weighted by Crippen LogP contribution is -2.17. The number of ether oxygens (including phenoxy) is 1. The molecule has 3 aromatic carbocycles. The van der Waals surface area contributed by atoms with Crippen LogP contribution in [0.2, 0.25) is 0 Å². The summed E-state index contributed by atoms with van der Waals surface area (Å²) < 4.78 is 5.16. The molecule has 0 unspecified atom stereocenters. The number of hydrogen-bond donors (Lipinski definition) is 2. The number of hydrazone groups is 1. The van der Waals surface area contributed by atoms with E-state index in [2.05, 4.69) is 10.5 Å². The molecule has 0 heterocycles. The van der Waals surface area contributed by atoms with Crippen molar-refractivity contribution in [3.63, 3.8) is 0 Å². The van der Waals surface area contributed by atoms with Crippen LogP contribution in [0, 0.1) is 20.2 Å². The van der Waals surface area contributed by atoms with E-state index >= 15 is 0 Å². The van der Waals surface area contributed by atoms with Crippen LogP contribution >= 0.6 is 0 Å². The summed E-state index contributed by atoms with van der Waals surface area (Å²) in [6.07, 6.45) is 1.29. The summed E-state index contributed by atoms with van der Waals surface area (Å²) in [4.78, 5) is 44.6. The molecule has 0 aliphatic carbocycles. The molecule has 0 saturated heterocycles. The van der Waals surface area contributed by atoms with Gasteiger partial charge in [-0.1, -0.05) is 12.1 Å². The second-order valence-corrected chi connectivity index (χ2v) is 6.46. The Labute approximate surface area is 185 Å². The Balaban J connectivity index is 1.71. The molecule has 3 aromatic rings. The lowest BCUT2D eigenvalue weighted by atomic mass is 10.1. The van der Waals surface area contributed by atoms with E-state index in [4.69, 9.17) is 4.74 Å². The molecular weight excluding hydrogens is 436 g/mol. The highest BCUT2D eigenvalue weighted by Crippen LogP contribution is 2.24. The van der Waals surface area contributed by atoms with Crippen molar-refractivity contribution < 1.29 is 29.3 Å². The topological polar surface area (TPSA) is 174 Å². The minimum Gasteiger partial charge on any atom is -0.508 e. The zero-order valence-electron chi connectivity index (χ0n) is 16.6. The molecule has 0 aliphatic rings. The van der Waals surface area contributed by atoms with E-state index in [1.807, 2.05) is 0 Å². The predicted molar refractivity (Wildman–Crippen MR) is 114 cm³/mol. The number of non-ortho nitro benzene ring substituents is 2. The van der Waals surface area contributed by atoms with Gasteiger partial charge in [-0.2, -0.15) is 5.10 Å². The molecule has 12 heteroatoms. The fourth-order valence-corrected chi connectivity index (χ4v) is 2.59. The maximum Gasteiger partial charge on any atom is 0.344 e. The van der Waals surface area contributed by atoms with Crippen LogP contribution in [0.1, 0.15) is 26.3 Å². The third-order valence-electron chi connectivity index (χ3n) is 4.14. The Kier molecular flexibility index (Phi) is 6.69. The molecule has 2 N–H and O–H groups in total. The SMILES string of the molecule is O=C(NN=Cc1cccc(OC(=O)c2cc([N+](=O)[O-])cc([N+](=O)[O-])c2)c1)c1ccc(O)cc1. The van der Waals surface area contributed by atoms with Crippen LogP contribution in [-0.4, -0.2) is 33.0 Å².